The van der Waals surface area contributed by atoms with E-state index in [9.17, 15) is 10.1 Å². The predicted molar refractivity (Wildman–Crippen MR) is 79.8 cm³/mol. The van der Waals surface area contributed by atoms with Crippen LogP contribution in [0.2, 0.25) is 0 Å². The van der Waals surface area contributed by atoms with Gasteiger partial charge in [0.15, 0.2) is 5.82 Å². The van der Waals surface area contributed by atoms with E-state index in [1.54, 1.807) is 11.9 Å². The molecule has 0 bridgehead atoms. The van der Waals surface area contributed by atoms with E-state index in [4.69, 9.17) is 0 Å². The van der Waals surface area contributed by atoms with Gasteiger partial charge in [0.25, 0.3) is 0 Å². The number of likely N-dealkylation sites (tertiary alicyclic amines) is 1. The summed E-state index contributed by atoms with van der Waals surface area (Å²) in [7, 11) is 1.80. The lowest BCUT2D eigenvalue weighted by atomic mass is 10.0. The van der Waals surface area contributed by atoms with Crippen molar-refractivity contribution in [3.8, 4) is 6.07 Å². The lowest BCUT2D eigenvalue weighted by molar-refractivity contribution is -0.132. The Balaban J connectivity index is 2.24. The first-order valence-corrected chi connectivity index (χ1v) is 7.39. The maximum Gasteiger partial charge on any atom is 0.222 e. The van der Waals surface area contributed by atoms with Gasteiger partial charge in [0.05, 0.1) is 5.69 Å². The van der Waals surface area contributed by atoms with Crippen molar-refractivity contribution >= 4 is 11.7 Å². The van der Waals surface area contributed by atoms with Gasteiger partial charge in [-0.05, 0) is 24.8 Å². The standard InChI is InChI=1S/C15H21N5O/c1-4-11-12(8-16)15(19-18-13(11)5-2)17-10-6-7-14(21)20(3)9-10/h10H,4-7,9H2,1-3H3,(H,17,19)/t10-/m1/s1. The summed E-state index contributed by atoms with van der Waals surface area (Å²) in [5.74, 6) is 0.703. The summed E-state index contributed by atoms with van der Waals surface area (Å²) < 4.78 is 0. The highest BCUT2D eigenvalue weighted by Gasteiger charge is 2.24. The topological polar surface area (TPSA) is 81.9 Å². The average molecular weight is 287 g/mol. The quantitative estimate of drug-likeness (QED) is 0.907. The largest absolute Gasteiger partial charge is 0.363 e. The number of hydrogen-bond acceptors (Lipinski definition) is 5. The number of rotatable bonds is 4. The van der Waals surface area contributed by atoms with Gasteiger partial charge in [-0.15, -0.1) is 5.10 Å². The number of amides is 1. The smallest absolute Gasteiger partial charge is 0.222 e. The number of nitrogens with zero attached hydrogens (tertiary/aromatic N) is 4. The molecule has 6 nitrogen and oxygen atoms in total. The van der Waals surface area contributed by atoms with Gasteiger partial charge >= 0.3 is 0 Å². The summed E-state index contributed by atoms with van der Waals surface area (Å²) in [5, 5.41) is 21.2. The minimum atomic E-state index is 0.117. The molecule has 1 atom stereocenters. The van der Waals surface area contributed by atoms with E-state index in [0.29, 0.717) is 24.3 Å². The minimum Gasteiger partial charge on any atom is -0.363 e. The Labute approximate surface area is 125 Å². The highest BCUT2D eigenvalue weighted by atomic mass is 16.2. The lowest BCUT2D eigenvalue weighted by Gasteiger charge is -2.30. The van der Waals surface area contributed by atoms with Crippen molar-refractivity contribution in [3.05, 3.63) is 16.8 Å². The van der Waals surface area contributed by atoms with Crippen LogP contribution in [0.15, 0.2) is 0 Å². The summed E-state index contributed by atoms with van der Waals surface area (Å²) in [6.45, 7) is 4.66. The highest BCUT2D eigenvalue weighted by molar-refractivity contribution is 5.77. The van der Waals surface area contributed by atoms with Crippen molar-refractivity contribution in [2.75, 3.05) is 18.9 Å². The third kappa shape index (κ3) is 3.13. The second-order valence-corrected chi connectivity index (χ2v) is 5.32. The monoisotopic (exact) mass is 287 g/mol. The zero-order chi connectivity index (χ0) is 15.4. The third-order valence-corrected chi connectivity index (χ3v) is 3.93. The molecule has 1 aliphatic heterocycles. The number of hydrogen-bond donors (Lipinski definition) is 1. The summed E-state index contributed by atoms with van der Waals surface area (Å²) >= 11 is 0. The van der Waals surface area contributed by atoms with Gasteiger partial charge in [0.2, 0.25) is 5.91 Å². The first kappa shape index (κ1) is 15.2. The van der Waals surface area contributed by atoms with E-state index in [-0.39, 0.29) is 11.9 Å². The molecule has 21 heavy (non-hydrogen) atoms. The molecule has 0 aromatic carbocycles. The van der Waals surface area contributed by atoms with Crippen molar-refractivity contribution in [3.63, 3.8) is 0 Å². The SMILES string of the molecule is CCc1nnc(N[C@@H]2CCC(=O)N(C)C2)c(C#N)c1CC. The summed E-state index contributed by atoms with van der Waals surface area (Å²) in [6, 6.07) is 2.37. The zero-order valence-corrected chi connectivity index (χ0v) is 12.8. The molecule has 1 aromatic heterocycles. The van der Waals surface area contributed by atoms with Crippen LogP contribution in [0.4, 0.5) is 5.82 Å². The fraction of sp³-hybridized carbons (Fsp3) is 0.600. The molecule has 0 radical (unpaired) electrons. The van der Waals surface area contributed by atoms with E-state index in [2.05, 4.69) is 21.6 Å². The fourth-order valence-corrected chi connectivity index (χ4v) is 2.72. The molecular weight excluding hydrogens is 266 g/mol. The number of carbonyl (C=O) groups excluding carboxylic acids is 1. The Bertz CT molecular complexity index is 578. The van der Waals surface area contributed by atoms with E-state index in [1.807, 2.05) is 13.8 Å². The average Bonchev–Trinajstić information content (AvgIpc) is 2.50. The minimum absolute atomic E-state index is 0.117. The molecule has 6 heteroatoms. The van der Waals surface area contributed by atoms with E-state index >= 15 is 0 Å². The lowest BCUT2D eigenvalue weighted by Crippen LogP contribution is -2.43. The molecule has 1 aromatic rings. The number of likely N-dealkylation sites (N-methyl/N-ethyl adjacent to an activating group) is 1. The number of anilines is 1. The van der Waals surface area contributed by atoms with Gasteiger partial charge < -0.3 is 10.2 Å². The summed E-state index contributed by atoms with van der Waals surface area (Å²) in [4.78, 5) is 13.2. The maximum absolute atomic E-state index is 11.5. The van der Waals surface area contributed by atoms with Crippen LogP contribution < -0.4 is 5.32 Å². The maximum atomic E-state index is 11.5. The van der Waals surface area contributed by atoms with Crippen molar-refractivity contribution in [2.45, 2.75) is 45.6 Å². The first-order chi connectivity index (χ1) is 10.1. The van der Waals surface area contributed by atoms with Gasteiger partial charge in [0, 0.05) is 26.1 Å². The van der Waals surface area contributed by atoms with Crippen LogP contribution in [-0.4, -0.2) is 40.6 Å². The van der Waals surface area contributed by atoms with Crippen LogP contribution >= 0.6 is 0 Å². The van der Waals surface area contributed by atoms with Crippen LogP contribution in [0.25, 0.3) is 0 Å². The van der Waals surface area contributed by atoms with Crippen LogP contribution in [0.1, 0.15) is 43.5 Å². The molecule has 0 unspecified atom stereocenters. The zero-order valence-electron chi connectivity index (χ0n) is 12.8. The molecule has 1 fully saturated rings. The normalized spacial score (nSPS) is 18.5. The Kier molecular flexibility index (Phi) is 4.73. The molecule has 1 N–H and O–H groups in total. The molecule has 1 saturated heterocycles. The summed E-state index contributed by atoms with van der Waals surface area (Å²) in [5.41, 5.74) is 2.44. The van der Waals surface area contributed by atoms with Crippen molar-refractivity contribution in [1.29, 1.82) is 5.26 Å². The van der Waals surface area contributed by atoms with Gasteiger partial charge in [-0.25, -0.2) is 0 Å². The van der Waals surface area contributed by atoms with Gasteiger partial charge in [-0.3, -0.25) is 4.79 Å². The van der Waals surface area contributed by atoms with E-state index < -0.39 is 0 Å². The van der Waals surface area contributed by atoms with Gasteiger partial charge in [-0.2, -0.15) is 10.4 Å². The number of nitrogens with one attached hydrogen (secondary N) is 1. The van der Waals surface area contributed by atoms with Crippen molar-refractivity contribution < 1.29 is 4.79 Å². The fourth-order valence-electron chi connectivity index (χ4n) is 2.72. The Morgan fingerprint density at radius 3 is 2.71 bits per heavy atom. The number of nitriles is 1. The molecule has 2 rings (SSSR count). The molecule has 0 spiro atoms. The van der Waals surface area contributed by atoms with Gasteiger partial charge in [0.1, 0.15) is 11.6 Å². The van der Waals surface area contributed by atoms with Crippen LogP contribution in [0.5, 0.6) is 0 Å². The Hall–Kier alpha value is -2.16. The number of carbonyl (C=O) groups is 1. The molecule has 1 aliphatic rings. The van der Waals surface area contributed by atoms with Crippen LogP contribution in [-0.2, 0) is 17.6 Å². The highest BCUT2D eigenvalue weighted by Crippen LogP contribution is 2.22. The number of aromatic nitrogens is 2. The second-order valence-electron chi connectivity index (χ2n) is 5.32. The Morgan fingerprint density at radius 1 is 1.38 bits per heavy atom. The molecule has 112 valence electrons. The first-order valence-electron chi connectivity index (χ1n) is 7.39. The van der Waals surface area contributed by atoms with Crippen LogP contribution in [0, 0.1) is 11.3 Å². The molecule has 0 aliphatic carbocycles. The number of piperidine rings is 1. The molecule has 0 saturated carbocycles. The Morgan fingerprint density at radius 2 is 2.14 bits per heavy atom. The number of aryl methyl sites for hydroxylation is 1. The predicted octanol–water partition coefficient (Wildman–Crippen LogP) is 1.51. The second kappa shape index (κ2) is 6.53. The molecule has 2 heterocycles. The molecular formula is C15H21N5O. The van der Waals surface area contributed by atoms with E-state index in [1.165, 1.54) is 0 Å². The van der Waals surface area contributed by atoms with Crippen molar-refractivity contribution in [2.24, 2.45) is 0 Å². The van der Waals surface area contributed by atoms with Gasteiger partial charge in [-0.1, -0.05) is 13.8 Å². The third-order valence-electron chi connectivity index (χ3n) is 3.93. The van der Waals surface area contributed by atoms with Crippen LogP contribution in [0.3, 0.4) is 0 Å². The van der Waals surface area contributed by atoms with E-state index in [0.717, 1.165) is 30.5 Å². The molecule has 1 amide bonds. The van der Waals surface area contributed by atoms with Crippen molar-refractivity contribution in [1.82, 2.24) is 15.1 Å². The summed E-state index contributed by atoms with van der Waals surface area (Å²) in [6.07, 6.45) is 2.81.